The zero-order valence-corrected chi connectivity index (χ0v) is 10.0. The number of hydrogen-bond donors (Lipinski definition) is 2. The molecule has 0 saturated carbocycles. The van der Waals surface area contributed by atoms with Crippen LogP contribution in [-0.4, -0.2) is 22.2 Å². The fourth-order valence-corrected chi connectivity index (χ4v) is 1.61. The smallest absolute Gasteiger partial charge is 1.00 e. The van der Waals surface area contributed by atoms with Crippen LogP contribution >= 0.6 is 0 Å². The summed E-state index contributed by atoms with van der Waals surface area (Å²) in [4.78, 5) is 22.2. The van der Waals surface area contributed by atoms with Gasteiger partial charge in [-0.25, -0.2) is 0 Å². The van der Waals surface area contributed by atoms with E-state index in [1.165, 1.54) is 0 Å². The Labute approximate surface area is 113 Å². The van der Waals surface area contributed by atoms with Gasteiger partial charge in [0.25, 0.3) is 0 Å². The van der Waals surface area contributed by atoms with Gasteiger partial charge >= 0.3 is 30.8 Å². The van der Waals surface area contributed by atoms with Gasteiger partial charge in [-0.15, -0.1) is 0 Å². The molecular weight excluding hydrogens is 215 g/mol. The van der Waals surface area contributed by atoms with Crippen LogP contribution in [-0.2, 0) is 16.0 Å². The van der Waals surface area contributed by atoms with Crippen LogP contribution in [0.25, 0.3) is 0 Å². The van der Waals surface area contributed by atoms with Crippen LogP contribution in [0.5, 0.6) is 0 Å². The molecule has 1 rings (SSSR count). The van der Waals surface area contributed by atoms with Crippen molar-refractivity contribution in [1.82, 2.24) is 0 Å². The predicted molar refractivity (Wildman–Crippen MR) is 59.3 cm³/mol. The number of carboxylic acid groups (broad SMARTS) is 2. The molecule has 4 nitrogen and oxygen atoms in total. The van der Waals surface area contributed by atoms with Crippen molar-refractivity contribution in [1.29, 1.82) is 0 Å². The summed E-state index contributed by atoms with van der Waals surface area (Å²) in [7, 11) is 0. The minimum Gasteiger partial charge on any atom is -1.00 e. The first-order chi connectivity index (χ1) is 7.53. The van der Waals surface area contributed by atoms with Gasteiger partial charge in [0.15, 0.2) is 5.41 Å². The van der Waals surface area contributed by atoms with Crippen LogP contribution in [0.1, 0.15) is 20.3 Å². The first-order valence-corrected chi connectivity index (χ1v) is 5.03. The average molecular weight is 230 g/mol. The third kappa shape index (κ3) is 3.35. The summed E-state index contributed by atoms with van der Waals surface area (Å²) in [6, 6.07) is 8.80. The van der Waals surface area contributed by atoms with E-state index in [2.05, 4.69) is 0 Å². The summed E-state index contributed by atoms with van der Waals surface area (Å²) >= 11 is 0. The Morgan fingerprint density at radius 1 is 1.18 bits per heavy atom. The Balaban J connectivity index is 0. The van der Waals surface area contributed by atoms with Crippen molar-refractivity contribution in [2.24, 2.45) is 5.41 Å². The number of aliphatic carboxylic acids is 2. The molecule has 0 spiro atoms. The average Bonchev–Trinajstić information content (AvgIpc) is 2.26. The molecule has 1 aromatic carbocycles. The summed E-state index contributed by atoms with van der Waals surface area (Å²) in [5.74, 6) is -2.57. The summed E-state index contributed by atoms with van der Waals surface area (Å²) in [6.07, 6.45) is 0.0710. The van der Waals surface area contributed by atoms with E-state index in [4.69, 9.17) is 10.2 Å². The van der Waals surface area contributed by atoms with Crippen molar-refractivity contribution in [2.45, 2.75) is 19.8 Å². The summed E-state index contributed by atoms with van der Waals surface area (Å²) in [5.41, 5.74) is -1.00. The van der Waals surface area contributed by atoms with E-state index >= 15 is 0 Å². The second-order valence-electron chi connectivity index (χ2n) is 3.71. The zero-order chi connectivity index (χ0) is 12.2. The van der Waals surface area contributed by atoms with E-state index in [0.29, 0.717) is 5.56 Å². The van der Waals surface area contributed by atoms with Crippen molar-refractivity contribution in [3.63, 3.8) is 0 Å². The molecule has 0 atom stereocenters. The Hall–Kier alpha value is -1.24. The normalized spacial score (nSPS) is 10.4. The molecule has 0 bridgehead atoms. The Kier molecular flexibility index (Phi) is 6.01. The quantitative estimate of drug-likeness (QED) is 0.498. The van der Waals surface area contributed by atoms with E-state index in [9.17, 15) is 9.59 Å². The number of benzene rings is 1. The fourth-order valence-electron chi connectivity index (χ4n) is 1.61. The molecule has 0 unspecified atom stereocenters. The van der Waals surface area contributed by atoms with Crippen LogP contribution in [0, 0.1) is 5.41 Å². The second kappa shape index (κ2) is 6.48. The molecule has 0 aliphatic carbocycles. The van der Waals surface area contributed by atoms with Crippen molar-refractivity contribution >= 4 is 11.9 Å². The minimum absolute atomic E-state index is 0. The largest absolute Gasteiger partial charge is 1.00 e. The molecule has 0 aliphatic heterocycles. The number of carboxylic acids is 2. The van der Waals surface area contributed by atoms with Crippen LogP contribution in [0.2, 0.25) is 0 Å². The van der Waals surface area contributed by atoms with Crippen molar-refractivity contribution < 1.29 is 40.1 Å². The maximum atomic E-state index is 11.1. The predicted octanol–water partition coefficient (Wildman–Crippen LogP) is -1.09. The third-order valence-corrected chi connectivity index (χ3v) is 2.77. The van der Waals surface area contributed by atoms with Gasteiger partial charge in [0.05, 0.1) is 0 Å². The molecule has 0 heterocycles. The molecule has 1 aromatic rings. The molecule has 0 aromatic heterocycles. The minimum atomic E-state index is -1.72. The summed E-state index contributed by atoms with van der Waals surface area (Å²) in [6.45, 7) is 1.57. The summed E-state index contributed by atoms with van der Waals surface area (Å²) < 4.78 is 0. The van der Waals surface area contributed by atoms with Gasteiger partial charge in [0.2, 0.25) is 0 Å². The maximum absolute atomic E-state index is 11.1. The Bertz CT molecular complexity index is 380. The van der Waals surface area contributed by atoms with Gasteiger partial charge in [-0.1, -0.05) is 37.3 Å². The van der Waals surface area contributed by atoms with Gasteiger partial charge in [-0.3, -0.25) is 9.59 Å². The number of rotatable bonds is 5. The molecule has 88 valence electrons. The molecular formula is C12H15LiO4. The van der Waals surface area contributed by atoms with Gasteiger partial charge in [0.1, 0.15) is 0 Å². The molecule has 0 aliphatic rings. The molecule has 0 saturated heterocycles. The molecule has 0 radical (unpaired) electrons. The Morgan fingerprint density at radius 3 is 2.00 bits per heavy atom. The monoisotopic (exact) mass is 230 g/mol. The Morgan fingerprint density at radius 2 is 1.65 bits per heavy atom. The molecule has 17 heavy (non-hydrogen) atoms. The molecule has 2 N–H and O–H groups in total. The van der Waals surface area contributed by atoms with E-state index < -0.39 is 17.4 Å². The second-order valence-corrected chi connectivity index (χ2v) is 3.71. The van der Waals surface area contributed by atoms with Crippen LogP contribution in [0.3, 0.4) is 0 Å². The first kappa shape index (κ1) is 15.8. The topological polar surface area (TPSA) is 74.6 Å². The van der Waals surface area contributed by atoms with Crippen molar-refractivity contribution in [3.05, 3.63) is 35.9 Å². The zero-order valence-electron chi connectivity index (χ0n) is 11.0. The first-order valence-electron chi connectivity index (χ1n) is 5.03. The number of hydrogen-bond acceptors (Lipinski definition) is 2. The number of carbonyl (C=O) groups is 2. The molecule has 0 amide bonds. The van der Waals surface area contributed by atoms with Crippen LogP contribution in [0.4, 0.5) is 0 Å². The van der Waals surface area contributed by atoms with Gasteiger partial charge in [-0.2, -0.15) is 0 Å². The van der Waals surface area contributed by atoms with Gasteiger partial charge in [0, 0.05) is 0 Å². The summed E-state index contributed by atoms with van der Waals surface area (Å²) in [5, 5.41) is 18.1. The van der Waals surface area contributed by atoms with Crippen molar-refractivity contribution in [3.8, 4) is 0 Å². The standard InChI is InChI=1S/C12H14O4.Li.H/c1-2-12(10(13)14,11(15)16)8-9-6-4-3-5-7-9;;/h3-7H,2,8H2,1H3,(H,13,14)(H,15,16);;/q;+1;-1. The van der Waals surface area contributed by atoms with E-state index in [-0.39, 0.29) is 33.1 Å². The van der Waals surface area contributed by atoms with Crippen molar-refractivity contribution in [2.75, 3.05) is 0 Å². The maximum Gasteiger partial charge on any atom is 1.00 e. The van der Waals surface area contributed by atoms with E-state index in [1.807, 2.05) is 0 Å². The van der Waals surface area contributed by atoms with Crippen LogP contribution in [0.15, 0.2) is 30.3 Å². The van der Waals surface area contributed by atoms with E-state index in [1.54, 1.807) is 37.3 Å². The van der Waals surface area contributed by atoms with Crippen LogP contribution < -0.4 is 18.9 Å². The van der Waals surface area contributed by atoms with Gasteiger partial charge in [-0.05, 0) is 18.4 Å². The van der Waals surface area contributed by atoms with E-state index in [0.717, 1.165) is 0 Å². The third-order valence-electron chi connectivity index (χ3n) is 2.77. The fraction of sp³-hybridized carbons (Fsp3) is 0.333. The van der Waals surface area contributed by atoms with Gasteiger partial charge < -0.3 is 11.6 Å². The molecule has 5 heteroatoms. The SMILES string of the molecule is CCC(Cc1ccccc1)(C(=O)O)C(=O)O.[H-].[Li+]. The molecule has 0 fully saturated rings.